The van der Waals surface area contributed by atoms with Crippen molar-refractivity contribution in [3.05, 3.63) is 65.0 Å². The predicted molar refractivity (Wildman–Crippen MR) is 66.3 cm³/mol. The zero-order valence-electron chi connectivity index (χ0n) is 10.2. The molecule has 0 aliphatic carbocycles. The van der Waals surface area contributed by atoms with E-state index in [0.29, 0.717) is 0 Å². The molecule has 6 heteroatoms. The molecule has 0 spiro atoms. The van der Waals surface area contributed by atoms with E-state index >= 15 is 0 Å². The zero-order chi connectivity index (χ0) is 14.7. The van der Waals surface area contributed by atoms with Crippen LogP contribution in [0.5, 0.6) is 0 Å². The quantitative estimate of drug-likeness (QED) is 0.695. The van der Waals surface area contributed by atoms with Crippen molar-refractivity contribution in [2.75, 3.05) is 5.73 Å². The molecule has 2 aromatic carbocycles. The van der Waals surface area contributed by atoms with Crippen LogP contribution in [0.3, 0.4) is 0 Å². The number of nitrogen functional groups attached to an aromatic ring is 1. The van der Waals surface area contributed by atoms with Gasteiger partial charge >= 0.3 is 5.97 Å². The number of hydrogen-bond acceptors (Lipinski definition) is 3. The average molecular weight is 281 g/mol. The Hall–Kier alpha value is -2.50. The Morgan fingerprint density at radius 1 is 1.10 bits per heavy atom. The van der Waals surface area contributed by atoms with Crippen LogP contribution in [0.2, 0.25) is 0 Å². The first-order valence-corrected chi connectivity index (χ1v) is 5.64. The van der Waals surface area contributed by atoms with Crippen molar-refractivity contribution < 1.29 is 22.7 Å². The van der Waals surface area contributed by atoms with Gasteiger partial charge in [-0.15, -0.1) is 0 Å². The van der Waals surface area contributed by atoms with Crippen LogP contribution in [0.25, 0.3) is 0 Å². The number of rotatable bonds is 3. The Labute approximate surface area is 112 Å². The van der Waals surface area contributed by atoms with Gasteiger partial charge in [-0.2, -0.15) is 0 Å². The standard InChI is InChI=1S/C14H10F3NO2/c15-11-5-4-9(18)6-10(11)14(19)20-7-8-2-1-3-12(16)13(8)17/h1-6H,7,18H2. The van der Waals surface area contributed by atoms with Crippen LogP contribution in [-0.2, 0) is 11.3 Å². The second-order valence-corrected chi connectivity index (χ2v) is 4.03. The van der Waals surface area contributed by atoms with Crippen LogP contribution in [0, 0.1) is 17.5 Å². The van der Waals surface area contributed by atoms with Gasteiger partial charge in [-0.25, -0.2) is 18.0 Å². The molecule has 0 saturated heterocycles. The molecule has 0 aliphatic heterocycles. The number of hydrogen-bond donors (Lipinski definition) is 1. The van der Waals surface area contributed by atoms with Crippen LogP contribution in [-0.4, -0.2) is 5.97 Å². The molecule has 0 radical (unpaired) electrons. The smallest absolute Gasteiger partial charge is 0.341 e. The minimum absolute atomic E-state index is 0.136. The summed E-state index contributed by atoms with van der Waals surface area (Å²) in [7, 11) is 0. The second kappa shape index (κ2) is 5.64. The summed E-state index contributed by atoms with van der Waals surface area (Å²) in [5.74, 6) is -3.95. The van der Waals surface area contributed by atoms with Crippen molar-refractivity contribution in [1.29, 1.82) is 0 Å². The lowest BCUT2D eigenvalue weighted by molar-refractivity contribution is 0.0463. The molecule has 0 aromatic heterocycles. The van der Waals surface area contributed by atoms with Crippen molar-refractivity contribution in [2.45, 2.75) is 6.61 Å². The van der Waals surface area contributed by atoms with E-state index in [4.69, 9.17) is 10.5 Å². The number of benzene rings is 2. The third kappa shape index (κ3) is 2.90. The van der Waals surface area contributed by atoms with Gasteiger partial charge < -0.3 is 10.5 Å². The monoisotopic (exact) mass is 281 g/mol. The van der Waals surface area contributed by atoms with Crippen LogP contribution in [0.15, 0.2) is 36.4 Å². The van der Waals surface area contributed by atoms with Gasteiger partial charge in [0, 0.05) is 11.3 Å². The van der Waals surface area contributed by atoms with Gasteiger partial charge in [-0.3, -0.25) is 0 Å². The van der Waals surface area contributed by atoms with Gasteiger partial charge in [-0.05, 0) is 24.3 Å². The largest absolute Gasteiger partial charge is 0.457 e. The number of halogens is 3. The highest BCUT2D eigenvalue weighted by Crippen LogP contribution is 2.16. The fraction of sp³-hybridized carbons (Fsp3) is 0.0714. The van der Waals surface area contributed by atoms with Gasteiger partial charge in [0.15, 0.2) is 11.6 Å². The minimum atomic E-state index is -1.10. The number of carbonyl (C=O) groups is 1. The molecule has 0 heterocycles. The van der Waals surface area contributed by atoms with Crippen LogP contribution in [0.4, 0.5) is 18.9 Å². The molecule has 104 valence electrons. The highest BCUT2D eigenvalue weighted by molar-refractivity contribution is 5.90. The molecule has 0 bridgehead atoms. The fourth-order valence-electron chi connectivity index (χ4n) is 1.58. The first kappa shape index (κ1) is 13.9. The summed E-state index contributed by atoms with van der Waals surface area (Å²) in [6, 6.07) is 6.91. The SMILES string of the molecule is Nc1ccc(F)c(C(=O)OCc2cccc(F)c2F)c1. The normalized spacial score (nSPS) is 10.3. The van der Waals surface area contributed by atoms with Crippen molar-refractivity contribution in [3.63, 3.8) is 0 Å². The van der Waals surface area contributed by atoms with E-state index in [1.165, 1.54) is 18.2 Å². The topological polar surface area (TPSA) is 52.3 Å². The van der Waals surface area contributed by atoms with Gasteiger partial charge in [0.1, 0.15) is 12.4 Å². The molecule has 2 rings (SSSR count). The highest BCUT2D eigenvalue weighted by atomic mass is 19.2. The lowest BCUT2D eigenvalue weighted by Crippen LogP contribution is -2.09. The maximum absolute atomic E-state index is 13.4. The van der Waals surface area contributed by atoms with E-state index in [0.717, 1.165) is 18.2 Å². The molecule has 20 heavy (non-hydrogen) atoms. The van der Waals surface area contributed by atoms with Gasteiger partial charge in [0.25, 0.3) is 0 Å². The molecule has 2 N–H and O–H groups in total. The van der Waals surface area contributed by atoms with E-state index in [-0.39, 0.29) is 16.8 Å². The first-order chi connectivity index (χ1) is 9.49. The molecule has 0 aliphatic rings. The molecule has 0 unspecified atom stereocenters. The van der Waals surface area contributed by atoms with E-state index in [1.54, 1.807) is 0 Å². The van der Waals surface area contributed by atoms with Crippen LogP contribution in [0.1, 0.15) is 15.9 Å². The Balaban J connectivity index is 2.13. The lowest BCUT2D eigenvalue weighted by atomic mass is 10.2. The second-order valence-electron chi connectivity index (χ2n) is 4.03. The van der Waals surface area contributed by atoms with E-state index in [1.807, 2.05) is 0 Å². The van der Waals surface area contributed by atoms with Crippen molar-refractivity contribution in [1.82, 2.24) is 0 Å². The number of anilines is 1. The average Bonchev–Trinajstić information content (AvgIpc) is 2.43. The highest BCUT2D eigenvalue weighted by Gasteiger charge is 2.15. The fourth-order valence-corrected chi connectivity index (χ4v) is 1.58. The number of nitrogens with two attached hydrogens (primary N) is 1. The van der Waals surface area contributed by atoms with E-state index < -0.39 is 30.0 Å². The third-order valence-corrected chi connectivity index (χ3v) is 2.60. The lowest BCUT2D eigenvalue weighted by Gasteiger charge is -2.07. The summed E-state index contributed by atoms with van der Waals surface area (Å²) in [4.78, 5) is 11.7. The maximum atomic E-state index is 13.4. The maximum Gasteiger partial charge on any atom is 0.341 e. The van der Waals surface area contributed by atoms with Gasteiger partial charge in [-0.1, -0.05) is 12.1 Å². The predicted octanol–water partition coefficient (Wildman–Crippen LogP) is 3.04. The Kier molecular flexibility index (Phi) is 3.93. The Morgan fingerprint density at radius 2 is 1.85 bits per heavy atom. The van der Waals surface area contributed by atoms with Crippen molar-refractivity contribution in [3.8, 4) is 0 Å². The molecule has 0 amide bonds. The van der Waals surface area contributed by atoms with E-state index in [2.05, 4.69) is 0 Å². The third-order valence-electron chi connectivity index (χ3n) is 2.60. The minimum Gasteiger partial charge on any atom is -0.457 e. The molecule has 0 fully saturated rings. The molecule has 0 saturated carbocycles. The summed E-state index contributed by atoms with van der Waals surface area (Å²) >= 11 is 0. The van der Waals surface area contributed by atoms with Gasteiger partial charge in [0.05, 0.1) is 5.56 Å². The summed E-state index contributed by atoms with van der Waals surface area (Å²) in [6.07, 6.45) is 0. The summed E-state index contributed by atoms with van der Waals surface area (Å²) in [6.45, 7) is -0.503. The van der Waals surface area contributed by atoms with E-state index in [9.17, 15) is 18.0 Å². The first-order valence-electron chi connectivity index (χ1n) is 5.64. The summed E-state index contributed by atoms with van der Waals surface area (Å²) in [5.41, 5.74) is 5.13. The van der Waals surface area contributed by atoms with Crippen LogP contribution < -0.4 is 5.73 Å². The van der Waals surface area contributed by atoms with Crippen molar-refractivity contribution in [2.24, 2.45) is 0 Å². The van der Waals surface area contributed by atoms with Crippen molar-refractivity contribution >= 4 is 11.7 Å². The molecule has 0 atom stereocenters. The van der Waals surface area contributed by atoms with Crippen LogP contribution >= 0.6 is 0 Å². The Bertz CT molecular complexity index is 659. The summed E-state index contributed by atoms with van der Waals surface area (Å²) in [5, 5.41) is 0. The summed E-state index contributed by atoms with van der Waals surface area (Å²) < 4.78 is 44.4. The number of carbonyl (C=O) groups excluding carboxylic acids is 1. The number of ether oxygens (including phenoxy) is 1. The zero-order valence-corrected chi connectivity index (χ0v) is 10.2. The van der Waals surface area contributed by atoms with Gasteiger partial charge in [0.2, 0.25) is 0 Å². The Morgan fingerprint density at radius 3 is 2.60 bits per heavy atom. The molecular weight excluding hydrogens is 271 g/mol. The number of esters is 1. The molecule has 2 aromatic rings. The molecule has 3 nitrogen and oxygen atoms in total. The molecular formula is C14H10F3NO2.